The molecule has 1 aromatic heterocycles. The van der Waals surface area contributed by atoms with Crippen LogP contribution in [0.4, 0.5) is 0 Å². The van der Waals surface area contributed by atoms with Crippen LogP contribution in [0.5, 0.6) is 0 Å². The zero-order valence-corrected chi connectivity index (χ0v) is 7.23. The maximum absolute atomic E-state index is 6.73. The number of fused-ring (bicyclic) bond motifs is 1. The Balaban J connectivity index is 2.63. The van der Waals surface area contributed by atoms with Gasteiger partial charge in [0.25, 0.3) is 0 Å². The van der Waals surface area contributed by atoms with E-state index in [1.54, 1.807) is 4.68 Å². The minimum Gasteiger partial charge on any atom is -0.291 e. The van der Waals surface area contributed by atoms with Gasteiger partial charge in [-0.2, -0.15) is 4.68 Å². The summed E-state index contributed by atoms with van der Waals surface area (Å²) in [7, 11) is 0. The summed E-state index contributed by atoms with van der Waals surface area (Å²) in [6.07, 6.45) is 0. The molecule has 0 aliphatic carbocycles. The van der Waals surface area contributed by atoms with Crippen molar-refractivity contribution < 1.29 is 0 Å². The molecular formula is C9H8N4. The average Bonchev–Trinajstić information content (AvgIpc) is 2.49. The highest BCUT2D eigenvalue weighted by molar-refractivity contribution is 5.74. The van der Waals surface area contributed by atoms with Gasteiger partial charge in [-0.05, 0) is 24.6 Å². The lowest BCUT2D eigenvalue weighted by Gasteiger charge is -1.92. The fourth-order valence-corrected chi connectivity index (χ4v) is 1.25. The van der Waals surface area contributed by atoms with Gasteiger partial charge in [0, 0.05) is 0 Å². The molecule has 0 saturated carbocycles. The van der Waals surface area contributed by atoms with Gasteiger partial charge in [-0.15, -0.1) is 5.10 Å². The van der Waals surface area contributed by atoms with Crippen molar-refractivity contribution in [2.24, 2.45) is 0 Å². The second kappa shape index (κ2) is 2.87. The lowest BCUT2D eigenvalue weighted by molar-refractivity contribution is 0.680. The Hall–Kier alpha value is -1.89. The van der Waals surface area contributed by atoms with E-state index >= 15 is 0 Å². The Morgan fingerprint density at radius 3 is 3.15 bits per heavy atom. The van der Waals surface area contributed by atoms with Crippen LogP contribution in [-0.4, -0.2) is 15.0 Å². The first kappa shape index (κ1) is 7.74. The summed E-state index contributed by atoms with van der Waals surface area (Å²) >= 11 is 0. The summed E-state index contributed by atoms with van der Waals surface area (Å²) in [6, 6.07) is 5.89. The Bertz CT molecular complexity index is 478. The van der Waals surface area contributed by atoms with Gasteiger partial charge in [-0.1, -0.05) is 11.3 Å². The van der Waals surface area contributed by atoms with Crippen molar-refractivity contribution in [1.82, 2.24) is 15.0 Å². The molecule has 0 fully saturated rings. The molecule has 13 heavy (non-hydrogen) atoms. The number of benzene rings is 1. The molecule has 4 nitrogen and oxygen atoms in total. The van der Waals surface area contributed by atoms with Crippen LogP contribution >= 0.6 is 0 Å². The SMILES string of the molecule is [C-]#[N+]Cn1nnc2cc(C)ccc21. The molecule has 0 bridgehead atoms. The van der Waals surface area contributed by atoms with E-state index in [1.807, 2.05) is 25.1 Å². The lowest BCUT2D eigenvalue weighted by Crippen LogP contribution is -1.95. The summed E-state index contributed by atoms with van der Waals surface area (Å²) in [5.74, 6) is 0. The number of aryl methyl sites for hydroxylation is 1. The number of hydrogen-bond donors (Lipinski definition) is 0. The largest absolute Gasteiger partial charge is 0.309 e. The van der Waals surface area contributed by atoms with Crippen molar-refractivity contribution in [3.8, 4) is 0 Å². The quantitative estimate of drug-likeness (QED) is 0.612. The molecule has 2 aromatic rings. The Morgan fingerprint density at radius 1 is 1.54 bits per heavy atom. The molecule has 0 amide bonds. The van der Waals surface area contributed by atoms with Gasteiger partial charge in [-0.25, -0.2) is 6.57 Å². The van der Waals surface area contributed by atoms with E-state index in [2.05, 4.69) is 15.2 Å². The van der Waals surface area contributed by atoms with E-state index in [-0.39, 0.29) is 6.67 Å². The van der Waals surface area contributed by atoms with Crippen molar-refractivity contribution in [1.29, 1.82) is 0 Å². The highest BCUT2D eigenvalue weighted by Crippen LogP contribution is 2.12. The van der Waals surface area contributed by atoms with Crippen LogP contribution in [-0.2, 0) is 6.67 Å². The van der Waals surface area contributed by atoms with E-state index in [4.69, 9.17) is 6.57 Å². The second-order valence-electron chi connectivity index (χ2n) is 2.88. The maximum Gasteiger partial charge on any atom is 0.309 e. The molecule has 0 saturated heterocycles. The summed E-state index contributed by atoms with van der Waals surface area (Å²) in [5, 5.41) is 7.85. The van der Waals surface area contributed by atoms with Crippen LogP contribution in [0.25, 0.3) is 15.9 Å². The molecule has 0 aliphatic heterocycles. The fraction of sp³-hybridized carbons (Fsp3) is 0.222. The van der Waals surface area contributed by atoms with Crippen molar-refractivity contribution >= 4 is 11.0 Å². The maximum atomic E-state index is 6.73. The highest BCUT2D eigenvalue weighted by atomic mass is 15.4. The Labute approximate surface area is 75.6 Å². The molecule has 1 heterocycles. The minimum absolute atomic E-state index is 0.236. The first-order chi connectivity index (χ1) is 6.31. The van der Waals surface area contributed by atoms with E-state index in [0.29, 0.717) is 0 Å². The van der Waals surface area contributed by atoms with Crippen molar-refractivity contribution in [3.63, 3.8) is 0 Å². The molecule has 64 valence electrons. The van der Waals surface area contributed by atoms with Gasteiger partial charge >= 0.3 is 6.67 Å². The number of nitrogens with zero attached hydrogens (tertiary/aromatic N) is 4. The lowest BCUT2D eigenvalue weighted by atomic mass is 10.2. The van der Waals surface area contributed by atoms with Crippen LogP contribution < -0.4 is 0 Å². The molecular weight excluding hydrogens is 164 g/mol. The van der Waals surface area contributed by atoms with E-state index in [0.717, 1.165) is 16.6 Å². The van der Waals surface area contributed by atoms with E-state index < -0.39 is 0 Å². The minimum atomic E-state index is 0.236. The van der Waals surface area contributed by atoms with E-state index in [1.165, 1.54) is 0 Å². The molecule has 0 unspecified atom stereocenters. The fourth-order valence-electron chi connectivity index (χ4n) is 1.25. The van der Waals surface area contributed by atoms with Gasteiger partial charge in [0.05, 0.1) is 5.52 Å². The first-order valence-corrected chi connectivity index (χ1v) is 3.94. The summed E-state index contributed by atoms with van der Waals surface area (Å²) < 4.78 is 1.60. The predicted octanol–water partition coefficient (Wildman–Crippen LogP) is 1.62. The third kappa shape index (κ3) is 1.25. The standard InChI is InChI=1S/C9H8N4/c1-7-3-4-9-8(5-7)11-12-13(9)6-10-2/h3-5H,6H2,1H3. The van der Waals surface area contributed by atoms with Crippen molar-refractivity contribution in [2.45, 2.75) is 13.6 Å². The normalized spacial score (nSPS) is 10.2. The van der Waals surface area contributed by atoms with Gasteiger partial charge < -0.3 is 0 Å². The van der Waals surface area contributed by atoms with Gasteiger partial charge in [0.2, 0.25) is 0 Å². The third-order valence-electron chi connectivity index (χ3n) is 1.87. The highest BCUT2D eigenvalue weighted by Gasteiger charge is 2.04. The zero-order chi connectivity index (χ0) is 9.26. The molecule has 4 heteroatoms. The number of hydrogen-bond acceptors (Lipinski definition) is 2. The van der Waals surface area contributed by atoms with Crippen LogP contribution in [0.1, 0.15) is 5.56 Å². The topological polar surface area (TPSA) is 35.1 Å². The summed E-state index contributed by atoms with van der Waals surface area (Å²) in [4.78, 5) is 3.26. The number of rotatable bonds is 1. The molecule has 0 N–H and O–H groups in total. The number of aromatic nitrogens is 3. The van der Waals surface area contributed by atoms with Gasteiger partial charge in [0.1, 0.15) is 5.52 Å². The monoisotopic (exact) mass is 172 g/mol. The smallest absolute Gasteiger partial charge is 0.291 e. The predicted molar refractivity (Wildman–Crippen MR) is 48.9 cm³/mol. The zero-order valence-electron chi connectivity index (χ0n) is 7.23. The molecule has 0 atom stereocenters. The van der Waals surface area contributed by atoms with Crippen LogP contribution in [0, 0.1) is 13.5 Å². The summed E-state index contributed by atoms with van der Waals surface area (Å²) in [6.45, 7) is 8.98. The van der Waals surface area contributed by atoms with Crippen molar-refractivity contribution in [3.05, 3.63) is 35.2 Å². The summed E-state index contributed by atoms with van der Waals surface area (Å²) in [5.41, 5.74) is 2.92. The molecule has 0 aliphatic rings. The Kier molecular flexibility index (Phi) is 1.71. The van der Waals surface area contributed by atoms with Crippen LogP contribution in [0.3, 0.4) is 0 Å². The first-order valence-electron chi connectivity index (χ1n) is 3.94. The molecule has 0 radical (unpaired) electrons. The third-order valence-corrected chi connectivity index (χ3v) is 1.87. The van der Waals surface area contributed by atoms with Gasteiger partial charge in [-0.3, -0.25) is 4.85 Å². The Morgan fingerprint density at radius 2 is 2.38 bits per heavy atom. The van der Waals surface area contributed by atoms with Crippen LogP contribution in [0.2, 0.25) is 0 Å². The molecule has 1 aromatic carbocycles. The molecule has 2 rings (SSSR count). The van der Waals surface area contributed by atoms with Crippen molar-refractivity contribution in [2.75, 3.05) is 0 Å². The molecule has 0 spiro atoms. The van der Waals surface area contributed by atoms with Gasteiger partial charge in [0.15, 0.2) is 0 Å². The second-order valence-corrected chi connectivity index (χ2v) is 2.88. The average molecular weight is 172 g/mol. The van der Waals surface area contributed by atoms with E-state index in [9.17, 15) is 0 Å². The van der Waals surface area contributed by atoms with Crippen LogP contribution in [0.15, 0.2) is 18.2 Å².